The number of esters is 2. The number of rotatable bonds is 6. The number of allylic oxidation sites excluding steroid dienone is 2. The maximum Gasteiger partial charge on any atom is 0.331 e. The molecule has 2 aliphatic heterocycles. The average Bonchev–Trinajstić information content (AvgIpc) is 3.68. The lowest BCUT2D eigenvalue weighted by atomic mass is 9.77. The van der Waals surface area contributed by atoms with E-state index in [-0.39, 0.29) is 47.1 Å². The summed E-state index contributed by atoms with van der Waals surface area (Å²) >= 11 is 11.7. The van der Waals surface area contributed by atoms with Crippen LogP contribution in [0.25, 0.3) is 0 Å². The van der Waals surface area contributed by atoms with Gasteiger partial charge in [-0.25, -0.2) is 9.59 Å². The number of benzene rings is 2. The first kappa shape index (κ1) is 33.0. The zero-order valence-corrected chi connectivity index (χ0v) is 27.0. The minimum absolute atomic E-state index is 0.223. The zero-order chi connectivity index (χ0) is 33.7. The minimum Gasteiger partial charge on any atom is -0.447 e. The quantitative estimate of drug-likeness (QED) is 0.287. The van der Waals surface area contributed by atoms with Crippen LogP contribution in [-0.2, 0) is 51.1 Å². The van der Waals surface area contributed by atoms with E-state index in [1.165, 1.54) is 36.5 Å². The van der Waals surface area contributed by atoms with Crippen LogP contribution in [0.15, 0.2) is 96.1 Å². The molecule has 0 radical (unpaired) electrons. The Morgan fingerprint density at radius 2 is 0.870 bits per heavy atom. The summed E-state index contributed by atoms with van der Waals surface area (Å²) in [6, 6.07) is 14.1. The smallest absolute Gasteiger partial charge is 0.331 e. The van der Waals surface area contributed by atoms with Crippen LogP contribution < -0.4 is 0 Å². The third-order valence-corrected chi connectivity index (χ3v) is 9.35. The summed E-state index contributed by atoms with van der Waals surface area (Å²) in [4.78, 5) is 73.4. The number of cyclic esters (lactones) is 2. The van der Waals surface area contributed by atoms with Gasteiger partial charge in [-0.15, -0.1) is 0 Å². The van der Waals surface area contributed by atoms with E-state index in [1.54, 1.807) is 76.2 Å². The van der Waals surface area contributed by atoms with Gasteiger partial charge in [-0.05, 0) is 100 Å². The van der Waals surface area contributed by atoms with E-state index in [4.69, 9.17) is 32.7 Å². The van der Waals surface area contributed by atoms with Crippen LogP contribution in [0.2, 0.25) is 10.0 Å². The molecule has 0 spiro atoms. The number of ether oxygens (including phenoxy) is 2. The predicted octanol–water partition coefficient (Wildman–Crippen LogP) is 5.68. The van der Waals surface area contributed by atoms with Crippen molar-refractivity contribution in [2.24, 2.45) is 10.8 Å². The van der Waals surface area contributed by atoms with Crippen LogP contribution in [0.5, 0.6) is 0 Å². The number of carbonyl (C=O) groups excluding carboxylic acids is 6. The van der Waals surface area contributed by atoms with Crippen molar-refractivity contribution in [3.63, 3.8) is 0 Å². The predicted molar refractivity (Wildman–Crippen MR) is 170 cm³/mol. The van der Waals surface area contributed by atoms with E-state index in [9.17, 15) is 28.8 Å². The fourth-order valence-electron chi connectivity index (χ4n) is 5.92. The normalized spacial score (nSPS) is 29.9. The van der Waals surface area contributed by atoms with E-state index in [1.807, 2.05) is 0 Å². The van der Waals surface area contributed by atoms with E-state index < -0.39 is 34.0 Å². The maximum absolute atomic E-state index is 12.9. The summed E-state index contributed by atoms with van der Waals surface area (Å²) in [6.45, 7) is 6.47. The Bertz CT molecular complexity index is 1680. The molecular formula is C36H30Cl2O8. The Morgan fingerprint density at radius 3 is 1.15 bits per heavy atom. The second-order valence-electron chi connectivity index (χ2n) is 12.5. The maximum atomic E-state index is 12.9. The third kappa shape index (κ3) is 5.95. The van der Waals surface area contributed by atoms with Crippen molar-refractivity contribution in [3.8, 4) is 0 Å². The SMILES string of the molecule is C[C@]1(Cc2ccc(Cl)cc2)C(=O)C=C([C@]2(C)C=CC(=O)O2)C1=O.C[C@]1(Cc2ccc(Cl)cc2)C(=O)C=C([C@]2(C)C=CC(=O)O2)C1=O. The van der Waals surface area contributed by atoms with Gasteiger partial charge in [-0.1, -0.05) is 47.5 Å². The van der Waals surface area contributed by atoms with Gasteiger partial charge < -0.3 is 9.47 Å². The standard InChI is InChI=1S/2C18H15ClO4/c2*1-17(10-11-3-5-12(19)6-4-11)14(20)9-13(16(17)22)18(2)8-7-15(21)23-18/h2*3-9H,10H2,1-2H3/t2*17-,18-/m00/s1. The second kappa shape index (κ2) is 11.8. The van der Waals surface area contributed by atoms with E-state index >= 15 is 0 Å². The molecule has 0 bridgehead atoms. The number of halogens is 2. The van der Waals surface area contributed by atoms with Gasteiger partial charge in [-0.3, -0.25) is 19.2 Å². The highest BCUT2D eigenvalue weighted by molar-refractivity contribution is 6.31. The molecule has 0 fully saturated rings. The largest absolute Gasteiger partial charge is 0.447 e. The lowest BCUT2D eigenvalue weighted by molar-refractivity contribution is -0.144. The lowest BCUT2D eigenvalue weighted by Crippen LogP contribution is -2.38. The first-order valence-electron chi connectivity index (χ1n) is 14.5. The van der Waals surface area contributed by atoms with Crippen LogP contribution in [0.1, 0.15) is 38.8 Å². The Hall–Kier alpha value is -4.40. The number of ketones is 4. The van der Waals surface area contributed by atoms with Gasteiger partial charge in [0, 0.05) is 33.3 Å². The van der Waals surface area contributed by atoms with Crippen LogP contribution in [0, 0.1) is 10.8 Å². The third-order valence-electron chi connectivity index (χ3n) is 8.84. The molecule has 2 aliphatic carbocycles. The van der Waals surface area contributed by atoms with Crippen LogP contribution in [0.4, 0.5) is 0 Å². The molecule has 0 amide bonds. The molecule has 10 heteroatoms. The number of Topliss-reactive ketones (excluding diaryl/α,β-unsaturated/α-hetero) is 2. The molecule has 2 aromatic carbocycles. The van der Waals surface area contributed by atoms with E-state index in [0.717, 1.165) is 11.1 Å². The van der Waals surface area contributed by atoms with Crippen molar-refractivity contribution in [2.75, 3.05) is 0 Å². The molecule has 6 rings (SSSR count). The fourth-order valence-corrected chi connectivity index (χ4v) is 6.17. The van der Waals surface area contributed by atoms with Gasteiger partial charge in [0.1, 0.15) is 0 Å². The molecule has 0 N–H and O–H groups in total. The van der Waals surface area contributed by atoms with Crippen molar-refractivity contribution in [1.82, 2.24) is 0 Å². The molecular weight excluding hydrogens is 631 g/mol. The molecule has 0 saturated carbocycles. The van der Waals surface area contributed by atoms with Gasteiger partial charge in [0.2, 0.25) is 0 Å². The Morgan fingerprint density at radius 1 is 0.543 bits per heavy atom. The first-order valence-corrected chi connectivity index (χ1v) is 15.2. The Kier molecular flexibility index (Phi) is 8.43. The number of hydrogen-bond acceptors (Lipinski definition) is 8. The van der Waals surface area contributed by atoms with Crippen molar-refractivity contribution in [2.45, 2.75) is 51.7 Å². The molecule has 4 atom stereocenters. The zero-order valence-electron chi connectivity index (χ0n) is 25.5. The molecule has 46 heavy (non-hydrogen) atoms. The van der Waals surface area contributed by atoms with Crippen LogP contribution in [-0.4, -0.2) is 46.3 Å². The highest BCUT2D eigenvalue weighted by Gasteiger charge is 2.54. The van der Waals surface area contributed by atoms with Gasteiger partial charge in [-0.2, -0.15) is 0 Å². The monoisotopic (exact) mass is 660 g/mol. The summed E-state index contributed by atoms with van der Waals surface area (Å²) in [5.74, 6) is -2.19. The van der Waals surface area contributed by atoms with E-state index in [0.29, 0.717) is 10.0 Å². The highest BCUT2D eigenvalue weighted by atomic mass is 35.5. The topological polar surface area (TPSA) is 121 Å². The number of carbonyl (C=O) groups is 6. The van der Waals surface area contributed by atoms with Gasteiger partial charge in [0.15, 0.2) is 34.3 Å². The molecule has 0 saturated heterocycles. The number of hydrogen-bond donors (Lipinski definition) is 0. The molecule has 2 heterocycles. The summed E-state index contributed by atoms with van der Waals surface area (Å²) in [5, 5.41) is 1.19. The molecule has 2 aromatic rings. The molecule has 0 unspecified atom stereocenters. The minimum atomic E-state index is -1.19. The molecule has 0 aromatic heterocycles. The average molecular weight is 662 g/mol. The van der Waals surface area contributed by atoms with Crippen LogP contribution >= 0.6 is 23.2 Å². The van der Waals surface area contributed by atoms with Gasteiger partial charge in [0.05, 0.1) is 10.8 Å². The second-order valence-corrected chi connectivity index (χ2v) is 13.4. The van der Waals surface area contributed by atoms with Gasteiger partial charge >= 0.3 is 11.9 Å². The van der Waals surface area contributed by atoms with E-state index in [2.05, 4.69) is 0 Å². The molecule has 4 aliphatic rings. The van der Waals surface area contributed by atoms with Gasteiger partial charge in [0.25, 0.3) is 0 Å². The lowest BCUT2D eigenvalue weighted by Gasteiger charge is -2.26. The van der Waals surface area contributed by atoms with Crippen molar-refractivity contribution in [3.05, 3.63) is 117 Å². The highest BCUT2D eigenvalue weighted by Crippen LogP contribution is 2.43. The fraction of sp³-hybridized carbons (Fsp3) is 0.278. The first-order chi connectivity index (χ1) is 21.5. The summed E-state index contributed by atoms with van der Waals surface area (Å²) < 4.78 is 10.4. The van der Waals surface area contributed by atoms with Crippen molar-refractivity contribution in [1.29, 1.82) is 0 Å². The Labute approximate surface area is 275 Å². The summed E-state index contributed by atoms with van der Waals surface area (Å²) in [5.41, 5.74) is -2.57. The van der Waals surface area contributed by atoms with Crippen LogP contribution in [0.3, 0.4) is 0 Å². The summed E-state index contributed by atoms with van der Waals surface area (Å²) in [7, 11) is 0. The van der Waals surface area contributed by atoms with Crippen molar-refractivity contribution < 1.29 is 38.2 Å². The summed E-state index contributed by atoms with van der Waals surface area (Å²) in [6.07, 6.45) is 8.73. The Balaban J connectivity index is 0.000000181. The molecule has 236 valence electrons. The van der Waals surface area contributed by atoms with Crippen molar-refractivity contribution >= 4 is 58.3 Å². The molecule has 8 nitrogen and oxygen atoms in total.